The normalized spacial score (nSPS) is 10.3. The quantitative estimate of drug-likeness (QED) is 0.602. The van der Waals surface area contributed by atoms with Gasteiger partial charge in [-0.15, -0.1) is 0 Å². The molecule has 0 aliphatic heterocycles. The van der Waals surface area contributed by atoms with Crippen LogP contribution in [0.4, 0.5) is 0 Å². The van der Waals surface area contributed by atoms with Crippen molar-refractivity contribution in [1.29, 1.82) is 0 Å². The van der Waals surface area contributed by atoms with Gasteiger partial charge in [0.05, 0.1) is 6.33 Å². The first-order valence-corrected chi connectivity index (χ1v) is 3.64. The van der Waals surface area contributed by atoms with Gasteiger partial charge in [0.25, 0.3) is 0 Å². The first-order chi connectivity index (χ1) is 5.79. The maximum absolute atomic E-state index is 5.43. The van der Waals surface area contributed by atoms with E-state index in [1.54, 1.807) is 0 Å². The highest BCUT2D eigenvalue weighted by Gasteiger charge is 2.06. The van der Waals surface area contributed by atoms with E-state index in [9.17, 15) is 0 Å². The Kier molecular flexibility index (Phi) is 1.47. The summed E-state index contributed by atoms with van der Waals surface area (Å²) in [6, 6.07) is 0. The molecule has 2 aromatic heterocycles. The number of aromatic amines is 1. The third-order valence-electron chi connectivity index (χ3n) is 1.46. The minimum Gasteiger partial charge on any atom is -0.388 e. The zero-order valence-electron chi connectivity index (χ0n) is 5.98. The molecule has 2 rings (SSSR count). The lowest BCUT2D eigenvalue weighted by Gasteiger charge is -1.95. The molecule has 12 heavy (non-hydrogen) atoms. The Bertz CT molecular complexity index is 434. The molecule has 0 saturated carbocycles. The van der Waals surface area contributed by atoms with Crippen LogP contribution in [0.3, 0.4) is 0 Å². The number of aromatic nitrogens is 4. The minimum absolute atomic E-state index is 0.242. The van der Waals surface area contributed by atoms with Gasteiger partial charge in [-0.3, -0.25) is 0 Å². The van der Waals surface area contributed by atoms with Gasteiger partial charge in [-0.2, -0.15) is 0 Å². The van der Waals surface area contributed by atoms with Crippen LogP contribution < -0.4 is 5.73 Å². The van der Waals surface area contributed by atoms with E-state index in [1.807, 2.05) is 0 Å². The van der Waals surface area contributed by atoms with E-state index in [0.29, 0.717) is 16.9 Å². The molecule has 0 amide bonds. The smallest absolute Gasteiger partial charge is 0.181 e. The molecule has 0 unspecified atom stereocenters. The molecule has 0 aliphatic carbocycles. The first-order valence-electron chi connectivity index (χ1n) is 3.23. The molecule has 0 saturated heterocycles. The van der Waals surface area contributed by atoms with Crippen molar-refractivity contribution >= 4 is 28.4 Å². The molecule has 2 aromatic rings. The highest BCUT2D eigenvalue weighted by atomic mass is 32.1. The van der Waals surface area contributed by atoms with E-state index < -0.39 is 0 Å². The third kappa shape index (κ3) is 0.928. The van der Waals surface area contributed by atoms with Crippen molar-refractivity contribution in [1.82, 2.24) is 19.9 Å². The highest BCUT2D eigenvalue weighted by Crippen LogP contribution is 2.08. The Hall–Kier alpha value is -1.56. The van der Waals surface area contributed by atoms with Gasteiger partial charge in [-0.1, -0.05) is 12.2 Å². The minimum atomic E-state index is 0.242. The summed E-state index contributed by atoms with van der Waals surface area (Å²) in [4.78, 5) is 14.9. The van der Waals surface area contributed by atoms with E-state index in [1.165, 1.54) is 12.7 Å². The summed E-state index contributed by atoms with van der Waals surface area (Å²) in [6.45, 7) is 0. The second kappa shape index (κ2) is 2.49. The van der Waals surface area contributed by atoms with Gasteiger partial charge < -0.3 is 10.7 Å². The number of nitrogens with zero attached hydrogens (tertiary/aromatic N) is 3. The predicted octanol–water partition coefficient (Wildman–Crippen LogP) is -0.0129. The molecule has 0 fully saturated rings. The Morgan fingerprint density at radius 2 is 2.25 bits per heavy atom. The molecule has 6 heteroatoms. The van der Waals surface area contributed by atoms with Gasteiger partial charge in [0, 0.05) is 0 Å². The van der Waals surface area contributed by atoms with Gasteiger partial charge in [0.1, 0.15) is 22.5 Å². The van der Waals surface area contributed by atoms with Crippen LogP contribution in [0, 0.1) is 0 Å². The Labute approximate surface area is 73.0 Å². The molecule has 0 bridgehead atoms. The molecular formula is C6H5N5S. The van der Waals surface area contributed by atoms with E-state index in [0.717, 1.165) is 0 Å². The maximum Gasteiger partial charge on any atom is 0.181 e. The van der Waals surface area contributed by atoms with E-state index in [-0.39, 0.29) is 4.99 Å². The van der Waals surface area contributed by atoms with Gasteiger partial charge >= 0.3 is 0 Å². The SMILES string of the molecule is NC(=S)c1ncnc2nc[nH]c12. The van der Waals surface area contributed by atoms with Crippen molar-refractivity contribution < 1.29 is 0 Å². The number of hydrogen-bond donors (Lipinski definition) is 2. The second-order valence-electron chi connectivity index (χ2n) is 2.19. The standard InChI is InChI=1S/C6H5N5S/c7-5(12)3-4-6(10-1-8-3)11-2-9-4/h1-2H,(H2,7,12)(H,8,9,10,11). The summed E-state index contributed by atoms with van der Waals surface area (Å²) in [6.07, 6.45) is 2.92. The average Bonchev–Trinajstić information content (AvgIpc) is 2.49. The number of nitrogens with one attached hydrogen (secondary N) is 1. The second-order valence-corrected chi connectivity index (χ2v) is 2.63. The summed E-state index contributed by atoms with van der Waals surface area (Å²) >= 11 is 4.80. The van der Waals surface area contributed by atoms with E-state index in [4.69, 9.17) is 18.0 Å². The summed E-state index contributed by atoms with van der Waals surface area (Å²) in [5.41, 5.74) is 7.23. The molecule has 0 radical (unpaired) electrons. The number of fused-ring (bicyclic) bond motifs is 1. The van der Waals surface area contributed by atoms with Crippen molar-refractivity contribution in [2.24, 2.45) is 5.73 Å². The van der Waals surface area contributed by atoms with Crippen LogP contribution in [-0.2, 0) is 0 Å². The summed E-state index contributed by atoms with van der Waals surface area (Å²) < 4.78 is 0. The topological polar surface area (TPSA) is 80.5 Å². The lowest BCUT2D eigenvalue weighted by atomic mass is 10.3. The molecule has 0 atom stereocenters. The van der Waals surface area contributed by atoms with Gasteiger partial charge in [-0.25, -0.2) is 15.0 Å². The molecule has 5 nitrogen and oxygen atoms in total. The average molecular weight is 179 g/mol. The van der Waals surface area contributed by atoms with Crippen molar-refractivity contribution in [2.75, 3.05) is 0 Å². The zero-order valence-corrected chi connectivity index (χ0v) is 6.80. The molecule has 0 spiro atoms. The molecule has 0 aliphatic rings. The number of thiocarbonyl (C=S) groups is 1. The first kappa shape index (κ1) is 7.11. The Morgan fingerprint density at radius 1 is 1.42 bits per heavy atom. The van der Waals surface area contributed by atoms with Gasteiger partial charge in [-0.05, 0) is 0 Å². The molecule has 60 valence electrons. The predicted molar refractivity (Wildman–Crippen MR) is 47.6 cm³/mol. The summed E-state index contributed by atoms with van der Waals surface area (Å²) in [5, 5.41) is 0. The van der Waals surface area contributed by atoms with Crippen LogP contribution in [0.5, 0.6) is 0 Å². The monoisotopic (exact) mass is 179 g/mol. The van der Waals surface area contributed by atoms with Crippen LogP contribution in [-0.4, -0.2) is 24.9 Å². The van der Waals surface area contributed by atoms with E-state index in [2.05, 4.69) is 19.9 Å². The maximum atomic E-state index is 5.43. The largest absolute Gasteiger partial charge is 0.388 e. The van der Waals surface area contributed by atoms with Crippen molar-refractivity contribution in [2.45, 2.75) is 0 Å². The Balaban J connectivity index is 2.82. The van der Waals surface area contributed by atoms with Crippen LogP contribution >= 0.6 is 12.2 Å². The molecule has 0 aromatic carbocycles. The van der Waals surface area contributed by atoms with Crippen molar-refractivity contribution in [3.8, 4) is 0 Å². The van der Waals surface area contributed by atoms with Crippen LogP contribution in [0.1, 0.15) is 5.69 Å². The van der Waals surface area contributed by atoms with Crippen LogP contribution in [0.15, 0.2) is 12.7 Å². The lowest BCUT2D eigenvalue weighted by molar-refractivity contribution is 1.18. The number of imidazole rings is 1. The fourth-order valence-corrected chi connectivity index (χ4v) is 1.11. The Morgan fingerprint density at radius 3 is 3.00 bits per heavy atom. The summed E-state index contributed by atoms with van der Waals surface area (Å²) in [7, 11) is 0. The summed E-state index contributed by atoms with van der Waals surface area (Å²) in [5.74, 6) is 0. The fraction of sp³-hybridized carbons (Fsp3) is 0. The molecule has 2 heterocycles. The van der Waals surface area contributed by atoms with Crippen molar-refractivity contribution in [3.05, 3.63) is 18.3 Å². The number of hydrogen-bond acceptors (Lipinski definition) is 4. The lowest BCUT2D eigenvalue weighted by Crippen LogP contribution is -2.12. The molecular weight excluding hydrogens is 174 g/mol. The highest BCUT2D eigenvalue weighted by molar-refractivity contribution is 7.80. The number of rotatable bonds is 1. The number of nitrogens with two attached hydrogens (primary N) is 1. The third-order valence-corrected chi connectivity index (χ3v) is 1.65. The fourth-order valence-electron chi connectivity index (χ4n) is 0.952. The van der Waals surface area contributed by atoms with Crippen LogP contribution in [0.25, 0.3) is 11.2 Å². The number of H-pyrrole nitrogens is 1. The zero-order chi connectivity index (χ0) is 8.55. The van der Waals surface area contributed by atoms with Gasteiger partial charge in [0.15, 0.2) is 5.65 Å². The van der Waals surface area contributed by atoms with E-state index >= 15 is 0 Å². The molecule has 3 N–H and O–H groups in total. The van der Waals surface area contributed by atoms with Crippen LogP contribution in [0.2, 0.25) is 0 Å². The van der Waals surface area contributed by atoms with Gasteiger partial charge in [0.2, 0.25) is 0 Å². The van der Waals surface area contributed by atoms with Crippen molar-refractivity contribution in [3.63, 3.8) is 0 Å².